The van der Waals surface area contributed by atoms with E-state index in [-0.39, 0.29) is 0 Å². The van der Waals surface area contributed by atoms with E-state index >= 15 is 0 Å². The molecular weight excluding hydrogens is 218 g/mol. The van der Waals surface area contributed by atoms with Gasteiger partial charge in [-0.05, 0) is 18.6 Å². The van der Waals surface area contributed by atoms with E-state index in [1.54, 1.807) is 0 Å². The van der Waals surface area contributed by atoms with E-state index in [1.165, 1.54) is 27.8 Å². The number of nitrogens with zero attached hydrogens (tertiary/aromatic N) is 1. The first-order valence-corrected chi connectivity index (χ1v) is 5.85. The molecule has 0 aliphatic rings. The van der Waals surface area contributed by atoms with Crippen molar-refractivity contribution in [1.29, 1.82) is 0 Å². The molecule has 0 atom stereocenters. The van der Waals surface area contributed by atoms with E-state index in [1.807, 2.05) is 12.4 Å². The lowest BCUT2D eigenvalue weighted by molar-refractivity contribution is 1.42. The van der Waals surface area contributed by atoms with Crippen LogP contribution >= 0.6 is 11.3 Å². The summed E-state index contributed by atoms with van der Waals surface area (Å²) in [5, 5.41) is 1.82. The number of thiazole rings is 1. The third-order valence-corrected chi connectivity index (χ3v) is 3.49. The van der Waals surface area contributed by atoms with Gasteiger partial charge in [0, 0.05) is 28.9 Å². The number of nitrogens with one attached hydrogen (secondary N) is 1. The zero-order valence-corrected chi connectivity index (χ0v) is 9.64. The Morgan fingerprint density at radius 1 is 1.38 bits per heavy atom. The molecule has 0 bridgehead atoms. The monoisotopic (exact) mass is 229 g/mol. The molecule has 0 amide bonds. The first-order valence-electron chi connectivity index (χ1n) is 5.03. The highest BCUT2D eigenvalue weighted by atomic mass is 32.1. The summed E-state index contributed by atoms with van der Waals surface area (Å²) in [5.74, 6) is 0. The predicted molar refractivity (Wildman–Crippen MR) is 68.6 cm³/mol. The number of fused-ring (bicyclic) bond motifs is 1. The number of nitrogen functional groups attached to an aromatic ring is 1. The first kappa shape index (κ1) is 9.42. The maximum atomic E-state index is 5.65. The van der Waals surface area contributed by atoms with E-state index in [2.05, 4.69) is 35.1 Å². The third kappa shape index (κ3) is 1.39. The summed E-state index contributed by atoms with van der Waals surface area (Å²) in [7, 11) is 0. The first-order chi connectivity index (χ1) is 7.74. The fourth-order valence-electron chi connectivity index (χ4n) is 1.86. The zero-order valence-electron chi connectivity index (χ0n) is 8.82. The number of aromatic nitrogens is 2. The summed E-state index contributed by atoms with van der Waals surface area (Å²) in [4.78, 5) is 8.46. The molecule has 4 heteroatoms. The van der Waals surface area contributed by atoms with Crippen LogP contribution in [-0.2, 0) is 0 Å². The summed E-state index contributed by atoms with van der Waals surface area (Å²) >= 11 is 1.51. The lowest BCUT2D eigenvalue weighted by atomic mass is 10.1. The van der Waals surface area contributed by atoms with Crippen molar-refractivity contribution in [1.82, 2.24) is 9.97 Å². The maximum Gasteiger partial charge on any atom is 0.180 e. The van der Waals surface area contributed by atoms with Gasteiger partial charge in [-0.15, -0.1) is 0 Å². The molecule has 0 saturated carbocycles. The van der Waals surface area contributed by atoms with E-state index in [4.69, 9.17) is 5.73 Å². The Hall–Kier alpha value is -1.81. The molecule has 3 aromatic rings. The summed E-state index contributed by atoms with van der Waals surface area (Å²) in [5.41, 5.74) is 9.23. The summed E-state index contributed by atoms with van der Waals surface area (Å²) in [6, 6.07) is 6.39. The van der Waals surface area contributed by atoms with Gasteiger partial charge in [-0.2, -0.15) is 0 Å². The Kier molecular flexibility index (Phi) is 1.97. The minimum Gasteiger partial charge on any atom is -0.375 e. The van der Waals surface area contributed by atoms with Crippen LogP contribution in [-0.4, -0.2) is 9.97 Å². The molecule has 0 spiro atoms. The van der Waals surface area contributed by atoms with Crippen LogP contribution in [0.2, 0.25) is 0 Å². The van der Waals surface area contributed by atoms with Crippen LogP contribution in [0.25, 0.3) is 21.3 Å². The van der Waals surface area contributed by atoms with E-state index in [0.29, 0.717) is 5.13 Å². The van der Waals surface area contributed by atoms with Crippen LogP contribution in [0.3, 0.4) is 0 Å². The van der Waals surface area contributed by atoms with Gasteiger partial charge in [-0.25, -0.2) is 4.98 Å². The number of aryl methyl sites for hydroxylation is 1. The minimum atomic E-state index is 0.608. The Bertz CT molecular complexity index is 651. The molecule has 2 heterocycles. The molecule has 0 unspecified atom stereocenters. The van der Waals surface area contributed by atoms with Crippen molar-refractivity contribution < 1.29 is 0 Å². The number of H-pyrrole nitrogens is 1. The Morgan fingerprint density at radius 2 is 2.25 bits per heavy atom. The lowest BCUT2D eigenvalue weighted by Crippen LogP contribution is -1.77. The Morgan fingerprint density at radius 3 is 3.00 bits per heavy atom. The number of hydrogen-bond acceptors (Lipinski definition) is 3. The normalized spacial score (nSPS) is 11.1. The van der Waals surface area contributed by atoms with Crippen molar-refractivity contribution in [3.05, 3.63) is 36.2 Å². The lowest BCUT2D eigenvalue weighted by Gasteiger charge is -1.95. The molecule has 0 radical (unpaired) electrons. The SMILES string of the molecule is Cc1ccc2c(-c3cnc(N)s3)c[nH]c2c1. The van der Waals surface area contributed by atoms with Gasteiger partial charge in [-0.1, -0.05) is 23.5 Å². The van der Waals surface area contributed by atoms with Gasteiger partial charge in [0.15, 0.2) is 5.13 Å². The molecule has 0 fully saturated rings. The number of rotatable bonds is 1. The van der Waals surface area contributed by atoms with Gasteiger partial charge in [-0.3, -0.25) is 0 Å². The van der Waals surface area contributed by atoms with Crippen molar-refractivity contribution in [3.8, 4) is 10.4 Å². The van der Waals surface area contributed by atoms with Crippen molar-refractivity contribution >= 4 is 27.4 Å². The molecule has 3 N–H and O–H groups in total. The second-order valence-electron chi connectivity index (χ2n) is 3.81. The van der Waals surface area contributed by atoms with Crippen LogP contribution in [0.15, 0.2) is 30.6 Å². The minimum absolute atomic E-state index is 0.608. The van der Waals surface area contributed by atoms with Crippen molar-refractivity contribution in [2.24, 2.45) is 0 Å². The molecular formula is C12H11N3S. The zero-order chi connectivity index (χ0) is 11.1. The maximum absolute atomic E-state index is 5.65. The number of hydrogen-bond donors (Lipinski definition) is 2. The average molecular weight is 229 g/mol. The van der Waals surface area contributed by atoms with Crippen molar-refractivity contribution in [2.45, 2.75) is 6.92 Å². The Balaban J connectivity index is 2.25. The molecule has 0 aliphatic heterocycles. The van der Waals surface area contributed by atoms with Crippen molar-refractivity contribution in [3.63, 3.8) is 0 Å². The molecule has 0 aliphatic carbocycles. The molecule has 16 heavy (non-hydrogen) atoms. The standard InChI is InChI=1S/C12H11N3S/c1-7-2-3-8-9(5-14-10(8)4-7)11-6-15-12(13)16-11/h2-6,14H,1H3,(H2,13,15). The number of aromatic amines is 1. The summed E-state index contributed by atoms with van der Waals surface area (Å²) in [6.07, 6.45) is 3.83. The van der Waals surface area contributed by atoms with Crippen molar-refractivity contribution in [2.75, 3.05) is 5.73 Å². The van der Waals surface area contributed by atoms with Gasteiger partial charge in [0.2, 0.25) is 0 Å². The molecule has 0 saturated heterocycles. The highest BCUT2D eigenvalue weighted by Crippen LogP contribution is 2.33. The predicted octanol–water partition coefficient (Wildman–Crippen LogP) is 3.18. The van der Waals surface area contributed by atoms with Gasteiger partial charge < -0.3 is 10.7 Å². The quantitative estimate of drug-likeness (QED) is 0.673. The second-order valence-corrected chi connectivity index (χ2v) is 4.88. The van der Waals surface area contributed by atoms with Crippen LogP contribution in [0.1, 0.15) is 5.56 Å². The fourth-order valence-corrected chi connectivity index (χ4v) is 2.57. The molecule has 3 nitrogen and oxygen atoms in total. The fraction of sp³-hybridized carbons (Fsp3) is 0.0833. The second kappa shape index (κ2) is 3.35. The average Bonchev–Trinajstić information content (AvgIpc) is 2.83. The number of benzene rings is 1. The van der Waals surface area contributed by atoms with Crippen LogP contribution in [0, 0.1) is 6.92 Å². The van der Waals surface area contributed by atoms with Gasteiger partial charge in [0.1, 0.15) is 0 Å². The smallest absolute Gasteiger partial charge is 0.180 e. The molecule has 80 valence electrons. The Labute approximate surface area is 96.9 Å². The highest BCUT2D eigenvalue weighted by Gasteiger charge is 2.08. The highest BCUT2D eigenvalue weighted by molar-refractivity contribution is 7.18. The third-order valence-electron chi connectivity index (χ3n) is 2.63. The van der Waals surface area contributed by atoms with Gasteiger partial charge >= 0.3 is 0 Å². The molecule has 1 aromatic carbocycles. The number of nitrogens with two attached hydrogens (primary N) is 1. The van der Waals surface area contributed by atoms with Crippen LogP contribution in [0.4, 0.5) is 5.13 Å². The van der Waals surface area contributed by atoms with E-state index in [0.717, 1.165) is 10.4 Å². The van der Waals surface area contributed by atoms with E-state index < -0.39 is 0 Å². The van der Waals surface area contributed by atoms with E-state index in [9.17, 15) is 0 Å². The molecule has 3 rings (SSSR count). The topological polar surface area (TPSA) is 54.7 Å². The van der Waals surface area contributed by atoms with Gasteiger partial charge in [0.25, 0.3) is 0 Å². The summed E-state index contributed by atoms with van der Waals surface area (Å²) in [6.45, 7) is 2.09. The van der Waals surface area contributed by atoms with Crippen LogP contribution in [0.5, 0.6) is 0 Å². The summed E-state index contributed by atoms with van der Waals surface area (Å²) < 4.78 is 0. The molecule has 2 aromatic heterocycles. The largest absolute Gasteiger partial charge is 0.375 e. The number of anilines is 1. The van der Waals surface area contributed by atoms with Crippen LogP contribution < -0.4 is 5.73 Å². The van der Waals surface area contributed by atoms with Gasteiger partial charge in [0.05, 0.1) is 4.88 Å².